The van der Waals surface area contributed by atoms with Crippen molar-refractivity contribution in [1.29, 1.82) is 0 Å². The molecule has 82 valence electrons. The molecule has 1 aromatic rings. The Hall–Kier alpha value is -0.960. The maximum absolute atomic E-state index is 13.2. The Kier molecular flexibility index (Phi) is 3.80. The Morgan fingerprint density at radius 3 is 2.67 bits per heavy atom. The summed E-state index contributed by atoms with van der Waals surface area (Å²) in [5, 5.41) is 0.0471. The molecule has 0 radical (unpaired) electrons. The van der Waals surface area contributed by atoms with Gasteiger partial charge in [-0.3, -0.25) is 0 Å². The molecule has 0 aliphatic rings. The van der Waals surface area contributed by atoms with E-state index in [1.807, 2.05) is 0 Å². The summed E-state index contributed by atoms with van der Waals surface area (Å²) < 4.78 is 26.5. The molecule has 1 aromatic carbocycles. The maximum Gasteiger partial charge on any atom is 0.272 e. The Bertz CT molecular complexity index is 358. The smallest absolute Gasteiger partial charge is 0.272 e. The maximum atomic E-state index is 13.2. The number of aryl methyl sites for hydroxylation is 1. The summed E-state index contributed by atoms with van der Waals surface area (Å²) >= 11 is 5.72. The first-order chi connectivity index (χ1) is 6.96. The van der Waals surface area contributed by atoms with Crippen LogP contribution in [0.5, 0.6) is 0 Å². The van der Waals surface area contributed by atoms with Crippen molar-refractivity contribution in [2.75, 3.05) is 0 Å². The molecule has 0 N–H and O–H groups in total. The van der Waals surface area contributed by atoms with Crippen LogP contribution in [0.3, 0.4) is 0 Å². The molecule has 0 amide bonds. The van der Waals surface area contributed by atoms with E-state index in [4.69, 9.17) is 11.6 Å². The summed E-state index contributed by atoms with van der Waals surface area (Å²) in [5.74, 6) is -2.98. The van der Waals surface area contributed by atoms with Crippen LogP contribution in [-0.4, -0.2) is 6.29 Å². The molecule has 0 unspecified atom stereocenters. The number of carbonyl (C=O) groups is 1. The first kappa shape index (κ1) is 12.1. The number of hydrogen-bond acceptors (Lipinski definition) is 1. The monoisotopic (exact) mass is 232 g/mol. The number of rotatable bonds is 4. The molecule has 0 bridgehead atoms. The molecule has 0 saturated heterocycles. The SMILES string of the molecule is CC(F)(F)c1c(Cl)cccc1CCC=O. The van der Waals surface area contributed by atoms with E-state index in [2.05, 4.69) is 0 Å². The molecule has 0 heterocycles. The summed E-state index contributed by atoms with van der Waals surface area (Å²) in [6.45, 7) is 0.804. The number of benzene rings is 1. The molecule has 1 nitrogen and oxygen atoms in total. The molecule has 0 aliphatic carbocycles. The van der Waals surface area contributed by atoms with E-state index in [1.54, 1.807) is 12.1 Å². The highest BCUT2D eigenvalue weighted by molar-refractivity contribution is 6.31. The van der Waals surface area contributed by atoms with Crippen LogP contribution >= 0.6 is 11.6 Å². The topological polar surface area (TPSA) is 17.1 Å². The minimum Gasteiger partial charge on any atom is -0.303 e. The number of alkyl halides is 2. The van der Waals surface area contributed by atoms with Crippen molar-refractivity contribution in [1.82, 2.24) is 0 Å². The Balaban J connectivity index is 3.14. The minimum atomic E-state index is -2.98. The highest BCUT2D eigenvalue weighted by Crippen LogP contribution is 2.35. The Morgan fingerprint density at radius 2 is 2.13 bits per heavy atom. The lowest BCUT2D eigenvalue weighted by atomic mass is 9.99. The zero-order chi connectivity index (χ0) is 11.5. The molecule has 0 saturated carbocycles. The first-order valence-electron chi connectivity index (χ1n) is 4.56. The van der Waals surface area contributed by atoms with Crippen molar-refractivity contribution >= 4 is 17.9 Å². The van der Waals surface area contributed by atoms with Crippen LogP contribution in [0.4, 0.5) is 8.78 Å². The van der Waals surface area contributed by atoms with Crippen molar-refractivity contribution in [2.45, 2.75) is 25.7 Å². The van der Waals surface area contributed by atoms with Gasteiger partial charge >= 0.3 is 0 Å². The van der Waals surface area contributed by atoms with Crippen LogP contribution in [0.2, 0.25) is 5.02 Å². The minimum absolute atomic E-state index is 0.0471. The predicted octanol–water partition coefficient (Wildman–Crippen LogP) is 3.58. The van der Waals surface area contributed by atoms with Crippen LogP contribution in [0.15, 0.2) is 18.2 Å². The van der Waals surface area contributed by atoms with E-state index in [0.717, 1.165) is 6.92 Å². The molecule has 15 heavy (non-hydrogen) atoms. The molecular formula is C11H11ClF2O. The third-order valence-corrected chi connectivity index (χ3v) is 2.39. The van der Waals surface area contributed by atoms with E-state index in [-0.39, 0.29) is 17.0 Å². The fourth-order valence-corrected chi connectivity index (χ4v) is 1.84. The fourth-order valence-electron chi connectivity index (χ4n) is 1.48. The number of aldehydes is 1. The van der Waals surface area contributed by atoms with Gasteiger partial charge in [0.25, 0.3) is 5.92 Å². The highest BCUT2D eigenvalue weighted by Gasteiger charge is 2.29. The second-order valence-corrected chi connectivity index (χ2v) is 3.77. The molecule has 0 aliphatic heterocycles. The van der Waals surface area contributed by atoms with Crippen LogP contribution in [0.1, 0.15) is 24.5 Å². The number of carbonyl (C=O) groups excluding carboxylic acids is 1. The van der Waals surface area contributed by atoms with Gasteiger partial charge in [0.2, 0.25) is 0 Å². The molecule has 0 spiro atoms. The van der Waals surface area contributed by atoms with Crippen LogP contribution in [0.25, 0.3) is 0 Å². The predicted molar refractivity (Wildman–Crippen MR) is 55.4 cm³/mol. The van der Waals surface area contributed by atoms with Crippen LogP contribution in [0, 0.1) is 0 Å². The largest absolute Gasteiger partial charge is 0.303 e. The van der Waals surface area contributed by atoms with E-state index < -0.39 is 5.92 Å². The molecule has 1 rings (SSSR count). The number of hydrogen-bond donors (Lipinski definition) is 0. The lowest BCUT2D eigenvalue weighted by Crippen LogP contribution is -2.11. The molecule has 4 heteroatoms. The molecule has 0 fully saturated rings. The van der Waals surface area contributed by atoms with Gasteiger partial charge in [-0.05, 0) is 18.1 Å². The van der Waals surface area contributed by atoms with Crippen molar-refractivity contribution in [3.05, 3.63) is 34.3 Å². The van der Waals surface area contributed by atoms with Crippen molar-refractivity contribution < 1.29 is 13.6 Å². The summed E-state index contributed by atoms with van der Waals surface area (Å²) in [6.07, 6.45) is 1.23. The zero-order valence-corrected chi connectivity index (χ0v) is 9.02. The number of halogens is 3. The second kappa shape index (κ2) is 4.71. The van der Waals surface area contributed by atoms with Gasteiger partial charge in [-0.2, -0.15) is 0 Å². The van der Waals surface area contributed by atoms with E-state index >= 15 is 0 Å². The Labute approximate surface area is 92.1 Å². The average Bonchev–Trinajstić information content (AvgIpc) is 2.12. The van der Waals surface area contributed by atoms with Crippen molar-refractivity contribution in [3.8, 4) is 0 Å². The fraction of sp³-hybridized carbons (Fsp3) is 0.364. The first-order valence-corrected chi connectivity index (χ1v) is 4.94. The average molecular weight is 233 g/mol. The van der Waals surface area contributed by atoms with Gasteiger partial charge in [0.05, 0.1) is 5.02 Å². The van der Waals surface area contributed by atoms with Gasteiger partial charge in [-0.15, -0.1) is 0 Å². The third-order valence-electron chi connectivity index (χ3n) is 2.07. The van der Waals surface area contributed by atoms with Crippen LogP contribution < -0.4 is 0 Å². The molecular weight excluding hydrogens is 222 g/mol. The lowest BCUT2D eigenvalue weighted by Gasteiger charge is -2.16. The second-order valence-electron chi connectivity index (χ2n) is 3.37. The van der Waals surface area contributed by atoms with Gasteiger partial charge in [0, 0.05) is 18.9 Å². The molecule has 0 atom stereocenters. The highest BCUT2D eigenvalue weighted by atomic mass is 35.5. The van der Waals surface area contributed by atoms with Crippen molar-refractivity contribution in [3.63, 3.8) is 0 Å². The van der Waals surface area contributed by atoms with Gasteiger partial charge in [-0.1, -0.05) is 23.7 Å². The lowest BCUT2D eigenvalue weighted by molar-refractivity contribution is -0.107. The van der Waals surface area contributed by atoms with Gasteiger partial charge in [-0.25, -0.2) is 8.78 Å². The third kappa shape index (κ3) is 2.99. The van der Waals surface area contributed by atoms with Gasteiger partial charge < -0.3 is 4.79 Å². The quantitative estimate of drug-likeness (QED) is 0.725. The summed E-state index contributed by atoms with van der Waals surface area (Å²) in [6, 6.07) is 4.61. The summed E-state index contributed by atoms with van der Waals surface area (Å²) in [4.78, 5) is 10.2. The van der Waals surface area contributed by atoms with E-state index in [9.17, 15) is 13.6 Å². The standard InChI is InChI=1S/C11H11ClF2O/c1-11(13,14)10-8(5-3-7-15)4-2-6-9(10)12/h2,4,6-7H,3,5H2,1H3. The summed E-state index contributed by atoms with van der Waals surface area (Å²) in [7, 11) is 0. The van der Waals surface area contributed by atoms with Crippen LogP contribution in [-0.2, 0) is 17.1 Å². The Morgan fingerprint density at radius 1 is 1.47 bits per heavy atom. The normalized spacial score (nSPS) is 11.5. The van der Waals surface area contributed by atoms with Gasteiger partial charge in [0.1, 0.15) is 6.29 Å². The zero-order valence-electron chi connectivity index (χ0n) is 8.27. The summed E-state index contributed by atoms with van der Waals surface area (Å²) in [5.41, 5.74) is 0.260. The van der Waals surface area contributed by atoms with Crippen molar-refractivity contribution in [2.24, 2.45) is 0 Å². The van der Waals surface area contributed by atoms with E-state index in [0.29, 0.717) is 18.3 Å². The molecule has 0 aromatic heterocycles. The van der Waals surface area contributed by atoms with E-state index in [1.165, 1.54) is 6.07 Å². The van der Waals surface area contributed by atoms with Gasteiger partial charge in [0.15, 0.2) is 0 Å².